The third kappa shape index (κ3) is 2.25. The van der Waals surface area contributed by atoms with Crippen molar-refractivity contribution < 1.29 is 0 Å². The van der Waals surface area contributed by atoms with Gasteiger partial charge in [-0.2, -0.15) is 0 Å². The van der Waals surface area contributed by atoms with Crippen LogP contribution in [0.25, 0.3) is 0 Å². The fourth-order valence-corrected chi connectivity index (χ4v) is 2.55. The summed E-state index contributed by atoms with van der Waals surface area (Å²) in [6, 6.07) is 0.704. The highest BCUT2D eigenvalue weighted by Gasteiger charge is 2.33. The van der Waals surface area contributed by atoms with Crippen LogP contribution in [0.1, 0.15) is 12.8 Å². The molecular formula is C10H17ClN2. The lowest BCUT2D eigenvalue weighted by atomic mass is 9.84. The Morgan fingerprint density at radius 1 is 1.38 bits per heavy atom. The quantitative estimate of drug-likeness (QED) is 0.742. The van der Waals surface area contributed by atoms with Gasteiger partial charge in [0.25, 0.3) is 0 Å². The summed E-state index contributed by atoms with van der Waals surface area (Å²) in [7, 11) is 0. The van der Waals surface area contributed by atoms with E-state index in [2.05, 4.69) is 10.2 Å². The zero-order valence-electron chi connectivity index (χ0n) is 7.88. The van der Waals surface area contributed by atoms with E-state index in [4.69, 9.17) is 11.6 Å². The third-order valence-electron chi connectivity index (χ3n) is 3.24. The second-order valence-corrected chi connectivity index (χ2v) is 4.27. The lowest BCUT2D eigenvalue weighted by Gasteiger charge is -2.45. The number of nitrogens with one attached hydrogen (secondary N) is 1. The summed E-state index contributed by atoms with van der Waals surface area (Å²) in [6.45, 7) is 4.78. The van der Waals surface area contributed by atoms with Gasteiger partial charge in [-0.05, 0) is 31.8 Å². The number of nitrogens with zero attached hydrogens (tertiary/aromatic N) is 1. The standard InChI is InChI=1S/C10H17ClN2/c11-4-1-5-12-10-8-13-6-2-9(10)3-7-13/h1,4,9-10,12H,2-3,5-8H2/b4-1+. The highest BCUT2D eigenvalue weighted by Crippen LogP contribution is 2.27. The number of piperidine rings is 3. The van der Waals surface area contributed by atoms with Crippen LogP contribution >= 0.6 is 11.6 Å². The maximum Gasteiger partial charge on any atom is 0.0227 e. The van der Waals surface area contributed by atoms with E-state index in [1.165, 1.54) is 32.5 Å². The van der Waals surface area contributed by atoms with Crippen molar-refractivity contribution in [2.45, 2.75) is 18.9 Å². The first kappa shape index (κ1) is 9.50. The molecule has 0 aromatic heterocycles. The molecule has 13 heavy (non-hydrogen) atoms. The number of rotatable bonds is 3. The Labute approximate surface area is 84.9 Å². The Kier molecular flexibility index (Phi) is 3.25. The molecule has 0 aliphatic carbocycles. The van der Waals surface area contributed by atoms with Crippen LogP contribution in [0.3, 0.4) is 0 Å². The minimum Gasteiger partial charge on any atom is -0.309 e. The van der Waals surface area contributed by atoms with E-state index < -0.39 is 0 Å². The number of halogens is 1. The molecule has 3 aliphatic rings. The Morgan fingerprint density at radius 3 is 2.69 bits per heavy atom. The molecule has 0 aromatic carbocycles. The van der Waals surface area contributed by atoms with Crippen LogP contribution in [-0.2, 0) is 0 Å². The zero-order chi connectivity index (χ0) is 9.10. The van der Waals surface area contributed by atoms with Gasteiger partial charge in [0.2, 0.25) is 0 Å². The summed E-state index contributed by atoms with van der Waals surface area (Å²) in [5.74, 6) is 0.911. The van der Waals surface area contributed by atoms with Crippen molar-refractivity contribution in [1.29, 1.82) is 0 Å². The van der Waals surface area contributed by atoms with E-state index in [1.807, 2.05) is 6.08 Å². The van der Waals surface area contributed by atoms with Crippen LogP contribution < -0.4 is 5.32 Å². The summed E-state index contributed by atoms with van der Waals surface area (Å²) < 4.78 is 0. The van der Waals surface area contributed by atoms with Gasteiger partial charge in [0.1, 0.15) is 0 Å². The zero-order valence-corrected chi connectivity index (χ0v) is 8.63. The van der Waals surface area contributed by atoms with Gasteiger partial charge in [0.05, 0.1) is 0 Å². The first-order chi connectivity index (χ1) is 6.40. The van der Waals surface area contributed by atoms with Crippen LogP contribution in [0.15, 0.2) is 11.6 Å². The van der Waals surface area contributed by atoms with Crippen LogP contribution in [0.5, 0.6) is 0 Å². The Balaban J connectivity index is 1.80. The molecule has 0 aromatic rings. The molecule has 0 radical (unpaired) electrons. The summed E-state index contributed by atoms with van der Waals surface area (Å²) in [6.07, 6.45) is 4.73. The van der Waals surface area contributed by atoms with Gasteiger partial charge in [0.15, 0.2) is 0 Å². The molecule has 3 aliphatic heterocycles. The van der Waals surface area contributed by atoms with Gasteiger partial charge in [-0.1, -0.05) is 17.7 Å². The van der Waals surface area contributed by atoms with Gasteiger partial charge >= 0.3 is 0 Å². The molecule has 2 bridgehead atoms. The van der Waals surface area contributed by atoms with Crippen LogP contribution in [0.4, 0.5) is 0 Å². The van der Waals surface area contributed by atoms with Crippen molar-refractivity contribution in [2.24, 2.45) is 5.92 Å². The first-order valence-electron chi connectivity index (χ1n) is 5.11. The van der Waals surface area contributed by atoms with Crippen molar-refractivity contribution in [1.82, 2.24) is 10.2 Å². The van der Waals surface area contributed by atoms with Gasteiger partial charge in [-0.3, -0.25) is 0 Å². The largest absolute Gasteiger partial charge is 0.309 e. The van der Waals surface area contributed by atoms with Crippen molar-refractivity contribution in [3.8, 4) is 0 Å². The fourth-order valence-electron chi connectivity index (χ4n) is 2.46. The third-order valence-corrected chi connectivity index (χ3v) is 3.42. The second-order valence-electron chi connectivity index (χ2n) is 4.01. The molecule has 3 heterocycles. The molecule has 3 saturated heterocycles. The average molecular weight is 201 g/mol. The first-order valence-corrected chi connectivity index (χ1v) is 5.55. The predicted molar refractivity (Wildman–Crippen MR) is 55.9 cm³/mol. The smallest absolute Gasteiger partial charge is 0.0227 e. The topological polar surface area (TPSA) is 15.3 Å². The van der Waals surface area contributed by atoms with Gasteiger partial charge in [-0.25, -0.2) is 0 Å². The van der Waals surface area contributed by atoms with E-state index in [9.17, 15) is 0 Å². The van der Waals surface area contributed by atoms with Crippen molar-refractivity contribution in [3.63, 3.8) is 0 Å². The second kappa shape index (κ2) is 4.45. The molecule has 74 valence electrons. The van der Waals surface area contributed by atoms with Crippen LogP contribution in [-0.4, -0.2) is 37.1 Å². The molecule has 2 nitrogen and oxygen atoms in total. The number of fused-ring (bicyclic) bond motifs is 3. The Hall–Kier alpha value is -0.0500. The normalized spacial score (nSPS) is 38.7. The van der Waals surface area contributed by atoms with E-state index in [0.29, 0.717) is 6.04 Å². The van der Waals surface area contributed by atoms with Crippen molar-refractivity contribution in [3.05, 3.63) is 11.6 Å². The SMILES string of the molecule is Cl/C=C/CNC1CN2CCC1CC2. The highest BCUT2D eigenvalue weighted by atomic mass is 35.5. The average Bonchev–Trinajstić information content (AvgIpc) is 2.20. The maximum atomic E-state index is 5.47. The van der Waals surface area contributed by atoms with Gasteiger partial charge in [-0.15, -0.1) is 0 Å². The molecule has 3 rings (SSSR count). The van der Waals surface area contributed by atoms with E-state index in [1.54, 1.807) is 5.54 Å². The van der Waals surface area contributed by atoms with Gasteiger partial charge in [0, 0.05) is 24.7 Å². The fraction of sp³-hybridized carbons (Fsp3) is 0.800. The lowest BCUT2D eigenvalue weighted by molar-refractivity contribution is 0.0745. The lowest BCUT2D eigenvalue weighted by Crippen LogP contribution is -2.56. The molecule has 1 unspecified atom stereocenters. The van der Waals surface area contributed by atoms with E-state index in [0.717, 1.165) is 12.5 Å². The highest BCUT2D eigenvalue weighted by molar-refractivity contribution is 6.25. The molecule has 0 saturated carbocycles. The monoisotopic (exact) mass is 200 g/mol. The molecule has 0 amide bonds. The molecule has 0 spiro atoms. The number of hydrogen-bond acceptors (Lipinski definition) is 2. The predicted octanol–water partition coefficient (Wildman–Crippen LogP) is 1.42. The summed E-state index contributed by atoms with van der Waals surface area (Å²) >= 11 is 5.47. The minimum atomic E-state index is 0.704. The summed E-state index contributed by atoms with van der Waals surface area (Å²) in [5, 5.41) is 3.54. The molecule has 1 N–H and O–H groups in total. The van der Waals surface area contributed by atoms with Gasteiger partial charge < -0.3 is 10.2 Å². The van der Waals surface area contributed by atoms with Crippen LogP contribution in [0, 0.1) is 5.92 Å². The van der Waals surface area contributed by atoms with E-state index >= 15 is 0 Å². The minimum absolute atomic E-state index is 0.704. The Bertz CT molecular complexity index is 185. The molecule has 1 atom stereocenters. The van der Waals surface area contributed by atoms with Crippen molar-refractivity contribution >= 4 is 11.6 Å². The number of hydrogen-bond donors (Lipinski definition) is 1. The Morgan fingerprint density at radius 2 is 2.15 bits per heavy atom. The molecular weight excluding hydrogens is 184 g/mol. The summed E-state index contributed by atoms with van der Waals surface area (Å²) in [5.41, 5.74) is 1.59. The van der Waals surface area contributed by atoms with E-state index in [-0.39, 0.29) is 0 Å². The molecule has 3 fully saturated rings. The maximum absolute atomic E-state index is 5.47. The van der Waals surface area contributed by atoms with Crippen molar-refractivity contribution in [2.75, 3.05) is 26.2 Å². The summed E-state index contributed by atoms with van der Waals surface area (Å²) in [4.78, 5) is 2.56. The molecule has 3 heteroatoms. The van der Waals surface area contributed by atoms with Crippen LogP contribution in [0.2, 0.25) is 0 Å².